The number of nitrogens with zero attached hydrogens (tertiary/aromatic N) is 3. The lowest BCUT2D eigenvalue weighted by atomic mass is 9.77. The van der Waals surface area contributed by atoms with Gasteiger partial charge in [0.15, 0.2) is 12.6 Å². The molecule has 0 radical (unpaired) electrons. The molecule has 0 amide bonds. The van der Waals surface area contributed by atoms with Gasteiger partial charge in [-0.05, 0) is 112 Å². The Hall–Kier alpha value is -2.64. The zero-order chi connectivity index (χ0) is 48.2. The topological polar surface area (TPSA) is 182 Å². The van der Waals surface area contributed by atoms with Crippen LogP contribution in [0.3, 0.4) is 0 Å². The molecule has 0 aliphatic carbocycles. The minimum atomic E-state index is -1.81. The fraction of sp³-hybridized carbons (Fsp3) is 0.760. The van der Waals surface area contributed by atoms with Crippen LogP contribution in [-0.4, -0.2) is 173 Å². The smallest absolute Gasteiger partial charge is 0.311 e. The standard InChI is InChI=1S/C50H81N3O12/c1-15-39-50(10,58)43(55)33(6)53(13)28-29(2)25-49(9,60-22-18-19-35-24-36-20-16-17-21-37(36)51-27-35)45(65-47-41(54)38(52(11)12)23-30(3)61-47)31(4)42(32(5)46(57)63-39)64-40-26-48(8,59-14)44(56)34(7)62-40/h16-21,24,27,29-34,38-45,47,54-56,58H,15,22-23,25-26,28H2,1-14H3/b19-18+/t29-,30-,31+,32-,33-,34+,38+,39-,40+,41-,42+,43-,44+,45-,47+,48+,49-,50-/m1/s1. The Labute approximate surface area is 387 Å². The van der Waals surface area contributed by atoms with Crippen LogP contribution in [0.2, 0.25) is 0 Å². The van der Waals surface area contributed by atoms with Crippen molar-refractivity contribution in [2.75, 3.05) is 41.4 Å². The Kier molecular flexibility index (Phi) is 18.2. The fourth-order valence-corrected chi connectivity index (χ4v) is 10.5. The van der Waals surface area contributed by atoms with Gasteiger partial charge in [0.05, 0.1) is 53.7 Å². The second kappa shape index (κ2) is 22.2. The first-order valence-electron chi connectivity index (χ1n) is 23.6. The number of hydrogen-bond acceptors (Lipinski definition) is 15. The molecule has 15 heteroatoms. The Balaban J connectivity index is 1.65. The number of benzene rings is 1. The third-order valence-corrected chi connectivity index (χ3v) is 14.6. The molecule has 3 fully saturated rings. The third kappa shape index (κ3) is 12.3. The average molecular weight is 916 g/mol. The highest BCUT2D eigenvalue weighted by atomic mass is 16.7. The number of methoxy groups -OCH3 is 1. The number of esters is 1. The van der Waals surface area contributed by atoms with Crippen molar-refractivity contribution in [2.45, 2.75) is 185 Å². The summed E-state index contributed by atoms with van der Waals surface area (Å²) < 4.78 is 46.0. The van der Waals surface area contributed by atoms with E-state index in [9.17, 15) is 25.2 Å². The van der Waals surface area contributed by atoms with Crippen molar-refractivity contribution in [1.29, 1.82) is 0 Å². The highest BCUT2D eigenvalue weighted by Gasteiger charge is 2.53. The van der Waals surface area contributed by atoms with Crippen LogP contribution in [0.5, 0.6) is 0 Å². The number of pyridine rings is 1. The number of rotatable bonds is 11. The number of aliphatic hydroxyl groups is 4. The second-order valence-electron chi connectivity index (χ2n) is 20.3. The van der Waals surface area contributed by atoms with Crippen molar-refractivity contribution in [3.05, 3.63) is 48.2 Å². The Bertz CT molecular complexity index is 1870. The maximum Gasteiger partial charge on any atom is 0.311 e. The Morgan fingerprint density at radius 3 is 2.32 bits per heavy atom. The van der Waals surface area contributed by atoms with Gasteiger partial charge in [-0.1, -0.05) is 51.1 Å². The van der Waals surface area contributed by atoms with Crippen molar-refractivity contribution in [3.63, 3.8) is 0 Å². The molecule has 65 heavy (non-hydrogen) atoms. The summed E-state index contributed by atoms with van der Waals surface area (Å²) in [4.78, 5) is 23.2. The quantitative estimate of drug-likeness (QED) is 0.216. The number of cyclic esters (lactones) is 1. The van der Waals surface area contributed by atoms with Gasteiger partial charge in [0.25, 0.3) is 0 Å². The van der Waals surface area contributed by atoms with Gasteiger partial charge in [-0.2, -0.15) is 0 Å². The van der Waals surface area contributed by atoms with Gasteiger partial charge in [0.1, 0.15) is 30.0 Å². The van der Waals surface area contributed by atoms with Crippen LogP contribution in [0, 0.1) is 17.8 Å². The number of ether oxygens (including phenoxy) is 7. The number of para-hydroxylation sites is 1. The lowest BCUT2D eigenvalue weighted by molar-refractivity contribution is -0.320. The molecular formula is C50H81N3O12. The van der Waals surface area contributed by atoms with Crippen molar-refractivity contribution in [1.82, 2.24) is 14.8 Å². The first-order chi connectivity index (χ1) is 30.5. The molecule has 368 valence electrons. The molecule has 0 unspecified atom stereocenters. The van der Waals surface area contributed by atoms with Gasteiger partial charge in [-0.25, -0.2) is 0 Å². The van der Waals surface area contributed by atoms with Crippen molar-refractivity contribution in [2.24, 2.45) is 17.8 Å². The molecule has 18 atom stereocenters. The average Bonchev–Trinajstić information content (AvgIpc) is 3.26. The van der Waals surface area contributed by atoms with Gasteiger partial charge in [-0.3, -0.25) is 9.78 Å². The van der Waals surface area contributed by atoms with E-state index in [-0.39, 0.29) is 37.5 Å². The van der Waals surface area contributed by atoms with Gasteiger partial charge in [0.2, 0.25) is 0 Å². The van der Waals surface area contributed by atoms with Crippen LogP contribution in [0.25, 0.3) is 17.0 Å². The van der Waals surface area contributed by atoms with Gasteiger partial charge < -0.3 is 63.4 Å². The summed E-state index contributed by atoms with van der Waals surface area (Å²) in [5, 5.41) is 47.9. The Morgan fingerprint density at radius 1 is 0.969 bits per heavy atom. The monoisotopic (exact) mass is 916 g/mol. The largest absolute Gasteiger partial charge is 0.459 e. The summed E-state index contributed by atoms with van der Waals surface area (Å²) in [5.74, 6) is -2.44. The number of aliphatic hydroxyl groups excluding tert-OH is 3. The second-order valence-corrected chi connectivity index (χ2v) is 20.3. The van der Waals surface area contributed by atoms with E-state index in [2.05, 4.69) is 18.0 Å². The normalized spacial score (nSPS) is 42.2. The summed E-state index contributed by atoms with van der Waals surface area (Å²) in [6.07, 6.45) is -2.12. The van der Waals surface area contributed by atoms with E-state index in [0.717, 1.165) is 16.5 Å². The third-order valence-electron chi connectivity index (χ3n) is 14.6. The lowest BCUT2D eigenvalue weighted by Crippen LogP contribution is -2.61. The fourth-order valence-electron chi connectivity index (χ4n) is 10.5. The van der Waals surface area contributed by atoms with E-state index >= 15 is 0 Å². The van der Waals surface area contributed by atoms with Gasteiger partial charge in [-0.15, -0.1) is 0 Å². The van der Waals surface area contributed by atoms with Gasteiger partial charge in [0, 0.05) is 49.7 Å². The van der Waals surface area contributed by atoms with Crippen LogP contribution in [0.1, 0.15) is 100 Å². The van der Waals surface area contributed by atoms with E-state index in [1.165, 1.54) is 14.0 Å². The van der Waals surface area contributed by atoms with Crippen LogP contribution >= 0.6 is 0 Å². The number of carbonyl (C=O) groups excluding carboxylic acids is 1. The molecule has 1 aromatic heterocycles. The van der Waals surface area contributed by atoms with E-state index in [0.29, 0.717) is 19.4 Å². The maximum atomic E-state index is 14.6. The molecule has 3 aliphatic heterocycles. The summed E-state index contributed by atoms with van der Waals surface area (Å²) >= 11 is 0. The maximum absolute atomic E-state index is 14.6. The molecule has 0 bridgehead atoms. The Morgan fingerprint density at radius 2 is 1.66 bits per heavy atom. The zero-order valence-electron chi connectivity index (χ0n) is 41.4. The molecule has 15 nitrogen and oxygen atoms in total. The summed E-state index contributed by atoms with van der Waals surface area (Å²) in [7, 11) is 7.27. The molecule has 3 saturated heterocycles. The van der Waals surface area contributed by atoms with Crippen LogP contribution < -0.4 is 0 Å². The van der Waals surface area contributed by atoms with E-state index in [1.54, 1.807) is 27.7 Å². The molecule has 5 rings (SSSR count). The first-order valence-corrected chi connectivity index (χ1v) is 23.6. The molecule has 0 saturated carbocycles. The SMILES string of the molecule is CC[C@H]1OC(=O)[C@H](C)[C@@H](O[C@H]2C[C@](C)(OC)[C@@H](O)[C@H](C)O2)[C@H](C)[C@@H](O[C@@H]2O[C@H](C)C[C@H](N(C)C)[C@H]2O)[C@](C)(OC/C=C/c2cnc3ccccc3c2)C[C@@H](C)CN(C)[C@H](C)[C@@H](O)[C@]1(C)O. The number of carbonyl (C=O) groups is 1. The van der Waals surface area contributed by atoms with E-state index in [4.69, 9.17) is 33.2 Å². The number of hydrogen-bond donors (Lipinski definition) is 4. The number of aromatic nitrogens is 1. The summed E-state index contributed by atoms with van der Waals surface area (Å²) in [5.41, 5.74) is -2.19. The summed E-state index contributed by atoms with van der Waals surface area (Å²) in [6.45, 7) is 19.1. The minimum Gasteiger partial charge on any atom is -0.459 e. The van der Waals surface area contributed by atoms with E-state index < -0.39 is 96.0 Å². The van der Waals surface area contributed by atoms with Crippen molar-refractivity contribution >= 4 is 22.9 Å². The number of likely N-dealkylation sites (N-methyl/N-ethyl adjacent to an activating group) is 2. The van der Waals surface area contributed by atoms with Crippen LogP contribution in [-0.2, 0) is 38.0 Å². The number of fused-ring (bicyclic) bond motifs is 1. The van der Waals surface area contributed by atoms with Crippen molar-refractivity contribution < 1.29 is 58.4 Å². The molecule has 4 N–H and O–H groups in total. The van der Waals surface area contributed by atoms with E-state index in [1.807, 2.05) is 101 Å². The zero-order valence-corrected chi connectivity index (χ0v) is 41.4. The summed E-state index contributed by atoms with van der Waals surface area (Å²) in [6, 6.07) is 9.19. The van der Waals surface area contributed by atoms with Gasteiger partial charge >= 0.3 is 5.97 Å². The predicted octanol–water partition coefficient (Wildman–Crippen LogP) is 5.19. The molecule has 1 aromatic carbocycles. The van der Waals surface area contributed by atoms with Crippen LogP contribution in [0.4, 0.5) is 0 Å². The molecular weight excluding hydrogens is 835 g/mol. The first kappa shape index (κ1) is 53.3. The highest BCUT2D eigenvalue weighted by Crippen LogP contribution is 2.41. The predicted molar refractivity (Wildman–Crippen MR) is 249 cm³/mol. The van der Waals surface area contributed by atoms with Crippen molar-refractivity contribution in [3.8, 4) is 0 Å². The highest BCUT2D eigenvalue weighted by molar-refractivity contribution is 5.80. The molecule has 3 aliphatic rings. The lowest BCUT2D eigenvalue weighted by Gasteiger charge is -2.50. The minimum absolute atomic E-state index is 0.0876. The van der Waals surface area contributed by atoms with Crippen LogP contribution in [0.15, 0.2) is 42.6 Å². The molecule has 4 heterocycles. The molecule has 0 spiro atoms. The molecule has 2 aromatic rings.